The van der Waals surface area contributed by atoms with Gasteiger partial charge in [-0.2, -0.15) is 5.26 Å². The van der Waals surface area contributed by atoms with E-state index in [0.717, 1.165) is 0 Å². The molecule has 0 spiro atoms. The second-order valence-corrected chi connectivity index (χ2v) is 3.52. The summed E-state index contributed by atoms with van der Waals surface area (Å²) in [6, 6.07) is 4.87. The molecule has 0 aliphatic carbocycles. The Balaban J connectivity index is 3.35. The van der Waals surface area contributed by atoms with Gasteiger partial charge in [0.15, 0.2) is 0 Å². The maximum Gasteiger partial charge on any atom is 0.343 e. The van der Waals surface area contributed by atoms with Gasteiger partial charge < -0.3 is 9.84 Å². The van der Waals surface area contributed by atoms with Crippen molar-refractivity contribution < 1.29 is 14.6 Å². The van der Waals surface area contributed by atoms with Crippen LogP contribution < -0.4 is 0 Å². The predicted octanol–water partition coefficient (Wildman–Crippen LogP) is 2.34. The fraction of sp³-hybridized carbons (Fsp3) is 0.273. The Bertz CT molecular complexity index is 451. The summed E-state index contributed by atoms with van der Waals surface area (Å²) < 4.78 is 4.79. The molecule has 0 radical (unpaired) electrons. The molecule has 0 aliphatic heterocycles. The highest BCUT2D eigenvalue weighted by Crippen LogP contribution is 2.26. The lowest BCUT2D eigenvalue weighted by atomic mass is 10.0. The molecule has 4 nitrogen and oxygen atoms in total. The van der Waals surface area contributed by atoms with Gasteiger partial charge >= 0.3 is 5.97 Å². The van der Waals surface area contributed by atoms with Crippen LogP contribution in [0.1, 0.15) is 28.4 Å². The normalized spacial score (nSPS) is 9.56. The van der Waals surface area contributed by atoms with Crippen LogP contribution in [0, 0.1) is 11.3 Å². The highest BCUT2D eigenvalue weighted by Gasteiger charge is 2.20. The summed E-state index contributed by atoms with van der Waals surface area (Å²) in [6.45, 7) is 1.86. The molecule has 0 unspecified atom stereocenters. The van der Waals surface area contributed by atoms with E-state index in [9.17, 15) is 9.90 Å². The van der Waals surface area contributed by atoms with Crippen molar-refractivity contribution in [3.63, 3.8) is 0 Å². The lowest BCUT2D eigenvalue weighted by molar-refractivity contribution is 0.0522. The second-order valence-electron chi connectivity index (χ2n) is 2.96. The molecule has 5 heteroatoms. The molecule has 0 aliphatic rings. The van der Waals surface area contributed by atoms with Crippen molar-refractivity contribution in [3.05, 3.63) is 28.8 Å². The van der Waals surface area contributed by atoms with Crippen LogP contribution in [-0.4, -0.2) is 17.7 Å². The number of phenols is 1. The Hall–Kier alpha value is -1.54. The quantitative estimate of drug-likeness (QED) is 0.683. The van der Waals surface area contributed by atoms with Gasteiger partial charge in [-0.05, 0) is 18.6 Å². The van der Waals surface area contributed by atoms with Crippen LogP contribution in [0.15, 0.2) is 12.1 Å². The fourth-order valence-corrected chi connectivity index (χ4v) is 1.75. The zero-order valence-electron chi connectivity index (χ0n) is 8.66. The first kappa shape index (κ1) is 12.5. The smallest absolute Gasteiger partial charge is 0.343 e. The zero-order chi connectivity index (χ0) is 12.1. The standard InChI is InChI=1S/C11H10BrNO3/c1-2-16-11(15)10-8(6-13)7(5-12)3-4-9(10)14/h3-4,14H,2,5H2,1H3. The molecule has 0 saturated heterocycles. The van der Waals surface area contributed by atoms with Crippen LogP contribution in [0.25, 0.3) is 0 Å². The second kappa shape index (κ2) is 5.52. The van der Waals surface area contributed by atoms with Gasteiger partial charge in [-0.15, -0.1) is 0 Å². The Morgan fingerprint density at radius 1 is 1.62 bits per heavy atom. The van der Waals surface area contributed by atoms with Crippen LogP contribution in [-0.2, 0) is 10.1 Å². The minimum Gasteiger partial charge on any atom is -0.507 e. The Labute approximate surface area is 102 Å². The van der Waals surface area contributed by atoms with Crippen LogP contribution >= 0.6 is 15.9 Å². The lowest BCUT2D eigenvalue weighted by Gasteiger charge is -2.08. The first-order valence-corrected chi connectivity index (χ1v) is 5.75. The summed E-state index contributed by atoms with van der Waals surface area (Å²) in [5, 5.41) is 19.0. The van der Waals surface area contributed by atoms with E-state index in [2.05, 4.69) is 15.9 Å². The number of halogens is 1. The molecule has 0 bridgehead atoms. The summed E-state index contributed by atoms with van der Waals surface area (Å²) in [7, 11) is 0. The first-order valence-electron chi connectivity index (χ1n) is 4.63. The summed E-state index contributed by atoms with van der Waals surface area (Å²) in [5.41, 5.74) is 0.722. The summed E-state index contributed by atoms with van der Waals surface area (Å²) in [5.74, 6) is -0.918. The van der Waals surface area contributed by atoms with E-state index in [1.165, 1.54) is 6.07 Å². The number of aromatic hydroxyl groups is 1. The minimum absolute atomic E-state index is 0.0682. The Kier molecular flexibility index (Phi) is 4.32. The summed E-state index contributed by atoms with van der Waals surface area (Å²) >= 11 is 3.21. The summed E-state index contributed by atoms with van der Waals surface area (Å²) in [4.78, 5) is 11.6. The molecule has 84 valence electrons. The maximum atomic E-state index is 11.6. The topological polar surface area (TPSA) is 70.3 Å². The Morgan fingerprint density at radius 2 is 2.31 bits per heavy atom. The number of alkyl halides is 1. The highest BCUT2D eigenvalue weighted by molar-refractivity contribution is 9.08. The number of carbonyl (C=O) groups is 1. The van der Waals surface area contributed by atoms with Gasteiger partial charge in [-0.3, -0.25) is 0 Å². The molecule has 0 saturated carbocycles. The average Bonchev–Trinajstić information content (AvgIpc) is 2.28. The number of esters is 1. The van der Waals surface area contributed by atoms with Crippen molar-refractivity contribution >= 4 is 21.9 Å². The van der Waals surface area contributed by atoms with Gasteiger partial charge in [0.2, 0.25) is 0 Å². The number of hydrogen-bond donors (Lipinski definition) is 1. The highest BCUT2D eigenvalue weighted by atomic mass is 79.9. The van der Waals surface area contributed by atoms with Crippen molar-refractivity contribution in [3.8, 4) is 11.8 Å². The minimum atomic E-state index is -0.681. The van der Waals surface area contributed by atoms with Gasteiger partial charge in [-0.25, -0.2) is 4.79 Å². The molecule has 0 atom stereocenters. The average molecular weight is 284 g/mol. The van der Waals surface area contributed by atoms with Gasteiger partial charge in [0, 0.05) is 5.33 Å². The number of ether oxygens (including phenoxy) is 1. The van der Waals surface area contributed by atoms with E-state index in [1.807, 2.05) is 6.07 Å². The molecule has 1 aromatic rings. The number of carbonyl (C=O) groups excluding carboxylic acids is 1. The van der Waals surface area contributed by atoms with Gasteiger partial charge in [0.1, 0.15) is 17.4 Å². The maximum absolute atomic E-state index is 11.6. The fourth-order valence-electron chi connectivity index (χ4n) is 1.28. The van der Waals surface area contributed by atoms with Gasteiger partial charge in [0.25, 0.3) is 0 Å². The zero-order valence-corrected chi connectivity index (χ0v) is 10.2. The molecular formula is C11H10BrNO3. The van der Waals surface area contributed by atoms with Crippen LogP contribution in [0.3, 0.4) is 0 Å². The molecule has 0 heterocycles. The van der Waals surface area contributed by atoms with Crippen molar-refractivity contribution in [1.82, 2.24) is 0 Å². The van der Waals surface area contributed by atoms with Crippen molar-refractivity contribution in [1.29, 1.82) is 5.26 Å². The molecule has 1 rings (SSSR count). The molecule has 1 aromatic carbocycles. The summed E-state index contributed by atoms with van der Waals surface area (Å²) in [6.07, 6.45) is 0. The van der Waals surface area contributed by atoms with Crippen molar-refractivity contribution in [2.45, 2.75) is 12.3 Å². The molecule has 0 aromatic heterocycles. The third-order valence-electron chi connectivity index (χ3n) is 2.00. The van der Waals surface area contributed by atoms with Crippen molar-refractivity contribution in [2.24, 2.45) is 0 Å². The number of nitriles is 1. The van der Waals surface area contributed by atoms with E-state index < -0.39 is 5.97 Å². The lowest BCUT2D eigenvalue weighted by Crippen LogP contribution is -2.08. The van der Waals surface area contributed by atoms with E-state index in [0.29, 0.717) is 10.9 Å². The van der Waals surface area contributed by atoms with Gasteiger partial charge in [0.05, 0.1) is 12.2 Å². The van der Waals surface area contributed by atoms with Crippen LogP contribution in [0.5, 0.6) is 5.75 Å². The van der Waals surface area contributed by atoms with Gasteiger partial charge in [-0.1, -0.05) is 22.0 Å². The molecule has 16 heavy (non-hydrogen) atoms. The Morgan fingerprint density at radius 3 is 2.81 bits per heavy atom. The largest absolute Gasteiger partial charge is 0.507 e. The van der Waals surface area contributed by atoms with Crippen molar-refractivity contribution in [2.75, 3.05) is 6.61 Å². The van der Waals surface area contributed by atoms with Crippen LogP contribution in [0.4, 0.5) is 0 Å². The number of nitrogens with zero attached hydrogens (tertiary/aromatic N) is 1. The van der Waals surface area contributed by atoms with E-state index >= 15 is 0 Å². The number of hydrogen-bond acceptors (Lipinski definition) is 4. The third-order valence-corrected chi connectivity index (χ3v) is 2.61. The first-order chi connectivity index (χ1) is 7.65. The number of rotatable bonds is 3. The van der Waals surface area contributed by atoms with E-state index in [-0.39, 0.29) is 23.5 Å². The SMILES string of the molecule is CCOC(=O)c1c(O)ccc(CBr)c1C#N. The molecular weight excluding hydrogens is 274 g/mol. The molecule has 0 fully saturated rings. The van der Waals surface area contributed by atoms with E-state index in [1.54, 1.807) is 13.0 Å². The monoisotopic (exact) mass is 283 g/mol. The molecule has 0 amide bonds. The number of phenolic OH excluding ortho intramolecular Hbond substituents is 1. The number of benzene rings is 1. The van der Waals surface area contributed by atoms with Crippen LogP contribution in [0.2, 0.25) is 0 Å². The third kappa shape index (κ3) is 2.34. The molecule has 1 N–H and O–H groups in total. The predicted molar refractivity (Wildman–Crippen MR) is 61.4 cm³/mol. The van der Waals surface area contributed by atoms with E-state index in [4.69, 9.17) is 10.00 Å².